The number of carbonyl (C=O) groups is 6. The summed E-state index contributed by atoms with van der Waals surface area (Å²) in [5.74, 6) is -5.66. The van der Waals surface area contributed by atoms with Gasteiger partial charge < -0.3 is 45.7 Å². The van der Waals surface area contributed by atoms with Crippen molar-refractivity contribution in [3.63, 3.8) is 0 Å². The summed E-state index contributed by atoms with van der Waals surface area (Å²) in [7, 11) is 0. The van der Waals surface area contributed by atoms with E-state index in [0.717, 1.165) is 0 Å². The maximum Gasteiger partial charge on any atom is 0.308 e. The van der Waals surface area contributed by atoms with Crippen LogP contribution in [-0.2, 0) is 56.0 Å². The van der Waals surface area contributed by atoms with Crippen molar-refractivity contribution in [1.29, 1.82) is 0 Å². The second-order valence-electron chi connectivity index (χ2n) is 10.7. The van der Waals surface area contributed by atoms with E-state index in [-0.39, 0.29) is 58.3 Å². The number of carbonyl (C=O) groups excluding carboxylic acids is 5. The fraction of sp³-hybridized carbons (Fsp3) is 0.438. The third kappa shape index (κ3) is 16.9. The van der Waals surface area contributed by atoms with E-state index in [0.29, 0.717) is 11.1 Å². The molecule has 0 unspecified atom stereocenters. The zero-order valence-corrected chi connectivity index (χ0v) is 27.4. The van der Waals surface area contributed by atoms with Gasteiger partial charge in [0.25, 0.3) is 0 Å². The van der Waals surface area contributed by atoms with Gasteiger partial charge in [0.2, 0.25) is 23.6 Å². The molecule has 3 atom stereocenters. The molecule has 0 bridgehead atoms. The predicted octanol–water partition coefficient (Wildman–Crippen LogP) is 0.477. The number of azide groups is 1. The van der Waals surface area contributed by atoms with Crippen LogP contribution in [-0.4, -0.2) is 103 Å². The summed E-state index contributed by atoms with van der Waals surface area (Å²) < 4.78 is 15.8. The van der Waals surface area contributed by atoms with E-state index in [1.54, 1.807) is 30.3 Å². The normalized spacial score (nSPS) is 12.3. The van der Waals surface area contributed by atoms with Crippen LogP contribution < -0.4 is 21.3 Å². The van der Waals surface area contributed by atoms with Crippen LogP contribution in [0, 0.1) is 0 Å². The largest absolute Gasteiger partial charge is 0.508 e. The fourth-order valence-electron chi connectivity index (χ4n) is 4.27. The number of hydrogen-bond donors (Lipinski definition) is 6. The van der Waals surface area contributed by atoms with E-state index in [1.165, 1.54) is 31.2 Å². The van der Waals surface area contributed by atoms with Gasteiger partial charge in [0.05, 0.1) is 39.3 Å². The second kappa shape index (κ2) is 22.8. The van der Waals surface area contributed by atoms with Crippen molar-refractivity contribution in [2.75, 3.05) is 39.5 Å². The van der Waals surface area contributed by atoms with Crippen LogP contribution in [0.25, 0.3) is 10.4 Å². The summed E-state index contributed by atoms with van der Waals surface area (Å²) in [5.41, 5.74) is 9.44. The molecule has 0 radical (unpaired) electrons. The molecule has 18 heteroatoms. The topological polar surface area (TPSA) is 267 Å². The highest BCUT2D eigenvalue weighted by Crippen LogP contribution is 2.12. The predicted molar refractivity (Wildman–Crippen MR) is 175 cm³/mol. The number of ether oxygens (including phenoxy) is 3. The number of phenolic OH excluding ortho intramolecular Hbond substituents is 1. The van der Waals surface area contributed by atoms with Crippen LogP contribution in [0.3, 0.4) is 0 Å². The first-order valence-corrected chi connectivity index (χ1v) is 15.5. The number of aromatic hydroxyl groups is 1. The number of aliphatic carboxylic acids is 1. The SMILES string of the molecule is CC(=O)N[C@@H](Cc1ccc(O)cc1)C(=O)N[C@@H](CC(=O)OCc1ccccc1)C(=O)N[C@@H](CC(=O)O)C(=O)NCCOCCOCCN=[N+]=[N-]. The average Bonchev–Trinajstić information content (AvgIpc) is 3.08. The van der Waals surface area contributed by atoms with E-state index in [4.69, 9.17) is 19.7 Å². The molecule has 50 heavy (non-hydrogen) atoms. The van der Waals surface area contributed by atoms with Crippen molar-refractivity contribution in [3.05, 3.63) is 76.2 Å². The molecule has 0 aliphatic heterocycles. The van der Waals surface area contributed by atoms with Gasteiger partial charge in [-0.1, -0.05) is 47.6 Å². The third-order valence-corrected chi connectivity index (χ3v) is 6.64. The van der Waals surface area contributed by atoms with Gasteiger partial charge in [-0.25, -0.2) is 0 Å². The van der Waals surface area contributed by atoms with E-state index in [1.807, 2.05) is 0 Å². The first kappa shape index (κ1) is 40.5. The Bertz CT molecular complexity index is 1470. The smallest absolute Gasteiger partial charge is 0.308 e. The number of phenols is 1. The number of esters is 1. The number of nitrogens with one attached hydrogen (secondary N) is 4. The Morgan fingerprint density at radius 2 is 1.40 bits per heavy atom. The lowest BCUT2D eigenvalue weighted by molar-refractivity contribution is -0.148. The van der Waals surface area contributed by atoms with Gasteiger partial charge in [0, 0.05) is 31.3 Å². The van der Waals surface area contributed by atoms with Crippen molar-refractivity contribution in [2.24, 2.45) is 5.11 Å². The Morgan fingerprint density at radius 1 is 0.780 bits per heavy atom. The molecule has 2 rings (SSSR count). The first-order chi connectivity index (χ1) is 24.0. The van der Waals surface area contributed by atoms with Gasteiger partial charge in [0.1, 0.15) is 30.5 Å². The number of carboxylic acid groups (broad SMARTS) is 1. The standard InChI is InChI=1S/C32H41N7O11/c1-21(40)36-25(17-22-7-9-24(41)10-8-22)31(46)38-27(19-29(44)50-20-23-5-3-2-4-6-23)32(47)37-26(18-28(42)43)30(45)34-11-13-48-15-16-49-14-12-35-39-33/h2-10,25-27,41H,11-20H2,1H3,(H,34,45)(H,36,40)(H,37,47)(H,38,46)(H,42,43)/t25-,26-,27-/m0/s1. The highest BCUT2D eigenvalue weighted by molar-refractivity contribution is 5.96. The molecule has 0 spiro atoms. The number of amides is 4. The number of benzene rings is 2. The van der Waals surface area contributed by atoms with Crippen molar-refractivity contribution in [2.45, 2.75) is 50.9 Å². The number of nitrogens with zero attached hydrogens (tertiary/aromatic N) is 3. The minimum atomic E-state index is -1.65. The molecular weight excluding hydrogens is 658 g/mol. The molecular formula is C32H41N7O11. The minimum Gasteiger partial charge on any atom is -0.508 e. The van der Waals surface area contributed by atoms with E-state index >= 15 is 0 Å². The monoisotopic (exact) mass is 699 g/mol. The maximum atomic E-state index is 13.5. The summed E-state index contributed by atoms with van der Waals surface area (Å²) in [6.45, 7) is 1.76. The van der Waals surface area contributed by atoms with E-state index in [9.17, 15) is 39.0 Å². The van der Waals surface area contributed by atoms with Crippen LogP contribution in [0.15, 0.2) is 59.7 Å². The summed E-state index contributed by atoms with van der Waals surface area (Å²) >= 11 is 0. The molecule has 6 N–H and O–H groups in total. The fourth-order valence-corrected chi connectivity index (χ4v) is 4.27. The van der Waals surface area contributed by atoms with Gasteiger partial charge in [-0.2, -0.15) is 0 Å². The van der Waals surface area contributed by atoms with E-state index in [2.05, 4.69) is 31.3 Å². The van der Waals surface area contributed by atoms with Crippen LogP contribution in [0.5, 0.6) is 5.75 Å². The van der Waals surface area contributed by atoms with Crippen LogP contribution in [0.4, 0.5) is 0 Å². The molecule has 4 amide bonds. The maximum absolute atomic E-state index is 13.5. The number of rotatable bonds is 23. The molecule has 0 saturated heterocycles. The Morgan fingerprint density at radius 3 is 2.02 bits per heavy atom. The van der Waals surface area contributed by atoms with Gasteiger partial charge in [-0.3, -0.25) is 28.8 Å². The van der Waals surface area contributed by atoms with Crippen molar-refractivity contribution in [3.8, 4) is 5.75 Å². The lowest BCUT2D eigenvalue weighted by Gasteiger charge is -2.24. The quantitative estimate of drug-likeness (QED) is 0.0305. The van der Waals surface area contributed by atoms with Gasteiger partial charge >= 0.3 is 11.9 Å². The zero-order chi connectivity index (χ0) is 36.7. The van der Waals surface area contributed by atoms with Crippen molar-refractivity contribution >= 4 is 35.6 Å². The molecule has 270 valence electrons. The average molecular weight is 700 g/mol. The number of hydrogen-bond acceptors (Lipinski definition) is 11. The summed E-state index contributed by atoms with van der Waals surface area (Å²) in [5, 5.41) is 32.0. The molecule has 0 aliphatic rings. The number of carboxylic acids is 1. The van der Waals surface area contributed by atoms with Gasteiger partial charge in [-0.15, -0.1) is 0 Å². The first-order valence-electron chi connectivity index (χ1n) is 15.5. The molecule has 2 aromatic carbocycles. The van der Waals surface area contributed by atoms with Crippen LogP contribution in [0.1, 0.15) is 30.9 Å². The summed E-state index contributed by atoms with van der Waals surface area (Å²) in [6, 6.07) is 10.0. The Labute approximate surface area is 287 Å². The molecule has 0 aliphatic carbocycles. The van der Waals surface area contributed by atoms with E-state index < -0.39 is 66.5 Å². The summed E-state index contributed by atoms with van der Waals surface area (Å²) in [6.07, 6.45) is -1.57. The molecule has 2 aromatic rings. The van der Waals surface area contributed by atoms with Crippen molar-refractivity contribution < 1.29 is 53.2 Å². The van der Waals surface area contributed by atoms with Crippen LogP contribution in [0.2, 0.25) is 0 Å². The minimum absolute atomic E-state index is 0.0162. The lowest BCUT2D eigenvalue weighted by Crippen LogP contribution is -2.57. The van der Waals surface area contributed by atoms with Gasteiger partial charge in [-0.05, 0) is 28.8 Å². The molecule has 18 nitrogen and oxygen atoms in total. The highest BCUT2D eigenvalue weighted by Gasteiger charge is 2.32. The van der Waals surface area contributed by atoms with Crippen molar-refractivity contribution in [1.82, 2.24) is 21.3 Å². The molecule has 0 saturated carbocycles. The molecule has 0 heterocycles. The molecule has 0 aromatic heterocycles. The Kier molecular flexibility index (Phi) is 18.4. The second-order valence-corrected chi connectivity index (χ2v) is 10.7. The van der Waals surface area contributed by atoms with Crippen LogP contribution >= 0.6 is 0 Å². The van der Waals surface area contributed by atoms with Gasteiger partial charge in [0.15, 0.2) is 0 Å². The summed E-state index contributed by atoms with van der Waals surface area (Å²) in [4.78, 5) is 78.7. The highest BCUT2D eigenvalue weighted by atomic mass is 16.5. The lowest BCUT2D eigenvalue weighted by atomic mass is 10.0. The Hall–Kier alpha value is -5.71. The zero-order valence-electron chi connectivity index (χ0n) is 27.4. The Balaban J connectivity index is 2.12. The third-order valence-electron chi connectivity index (χ3n) is 6.64. The molecule has 0 fully saturated rings.